The van der Waals surface area contributed by atoms with Crippen molar-refractivity contribution < 1.29 is 33.8 Å². The minimum absolute atomic E-state index is 0.0425. The fourth-order valence-electron chi connectivity index (χ4n) is 2.60. The predicted molar refractivity (Wildman–Crippen MR) is 104 cm³/mol. The summed E-state index contributed by atoms with van der Waals surface area (Å²) in [6, 6.07) is -1.23. The van der Waals surface area contributed by atoms with Gasteiger partial charge < -0.3 is 29.7 Å². The van der Waals surface area contributed by atoms with Crippen LogP contribution in [0.1, 0.15) is 54.4 Å². The van der Waals surface area contributed by atoms with Crippen molar-refractivity contribution in [2.45, 2.75) is 71.6 Å². The SMILES string of the molecule is CC(C)(C)OC(=O)N[C@H](CCC(=O)N1CCN(C(=O)OC(C)(C)C)CC1)C(=O)O. The van der Waals surface area contributed by atoms with Crippen molar-refractivity contribution in [3.05, 3.63) is 0 Å². The van der Waals surface area contributed by atoms with E-state index < -0.39 is 35.4 Å². The molecule has 0 aliphatic carbocycles. The van der Waals surface area contributed by atoms with Crippen molar-refractivity contribution in [2.24, 2.45) is 0 Å². The first-order valence-electron chi connectivity index (χ1n) is 9.66. The van der Waals surface area contributed by atoms with Gasteiger partial charge in [-0.1, -0.05) is 0 Å². The Bertz CT molecular complexity index is 614. The van der Waals surface area contributed by atoms with E-state index in [4.69, 9.17) is 9.47 Å². The number of nitrogens with one attached hydrogen (secondary N) is 1. The molecule has 0 spiro atoms. The molecule has 3 amide bonds. The summed E-state index contributed by atoms with van der Waals surface area (Å²) in [7, 11) is 0. The normalized spacial score (nSPS) is 16.1. The minimum atomic E-state index is -1.24. The maximum Gasteiger partial charge on any atom is 0.410 e. The van der Waals surface area contributed by atoms with Gasteiger partial charge in [-0.15, -0.1) is 0 Å². The van der Waals surface area contributed by atoms with Crippen molar-refractivity contribution in [2.75, 3.05) is 26.2 Å². The molecule has 29 heavy (non-hydrogen) atoms. The smallest absolute Gasteiger partial charge is 0.410 e. The molecule has 2 N–H and O–H groups in total. The molecule has 1 rings (SSSR count). The second kappa shape index (κ2) is 9.80. The summed E-state index contributed by atoms with van der Waals surface area (Å²) in [5.41, 5.74) is -1.34. The number of carbonyl (C=O) groups excluding carboxylic acids is 3. The van der Waals surface area contributed by atoms with Crippen LogP contribution >= 0.6 is 0 Å². The van der Waals surface area contributed by atoms with Gasteiger partial charge in [0.15, 0.2) is 0 Å². The maximum atomic E-state index is 12.4. The lowest BCUT2D eigenvalue weighted by atomic mass is 10.1. The Labute approximate surface area is 171 Å². The number of carbonyl (C=O) groups is 4. The predicted octanol–water partition coefficient (Wildman–Crippen LogP) is 1.82. The number of nitrogens with zero attached hydrogens (tertiary/aromatic N) is 2. The Morgan fingerprint density at radius 1 is 0.897 bits per heavy atom. The number of rotatable bonds is 5. The second-order valence-electron chi connectivity index (χ2n) is 8.92. The summed E-state index contributed by atoms with van der Waals surface area (Å²) in [5, 5.41) is 11.6. The van der Waals surface area contributed by atoms with Gasteiger partial charge in [0.25, 0.3) is 0 Å². The number of piperazine rings is 1. The van der Waals surface area contributed by atoms with Crippen molar-refractivity contribution in [3.8, 4) is 0 Å². The Kier molecular flexibility index (Phi) is 8.28. The number of carboxylic acids is 1. The molecule has 1 heterocycles. The third-order valence-corrected chi connectivity index (χ3v) is 3.92. The molecular weight excluding hydrogens is 382 g/mol. The highest BCUT2D eigenvalue weighted by Gasteiger charge is 2.29. The fraction of sp³-hybridized carbons (Fsp3) is 0.789. The van der Waals surface area contributed by atoms with E-state index in [1.165, 1.54) is 0 Å². The lowest BCUT2D eigenvalue weighted by molar-refractivity contribution is -0.140. The van der Waals surface area contributed by atoms with Crippen LogP contribution in [0.2, 0.25) is 0 Å². The van der Waals surface area contributed by atoms with Crippen LogP contribution in [-0.4, -0.2) is 82.4 Å². The lowest BCUT2D eigenvalue weighted by Crippen LogP contribution is -2.52. The molecule has 0 unspecified atom stereocenters. The number of carboxylic acid groups (broad SMARTS) is 1. The number of hydrogen-bond acceptors (Lipinski definition) is 6. The summed E-state index contributed by atoms with van der Waals surface area (Å²) < 4.78 is 10.4. The molecule has 0 bridgehead atoms. The molecule has 0 aromatic heterocycles. The zero-order valence-corrected chi connectivity index (χ0v) is 18.1. The standard InChI is InChI=1S/C19H33N3O7/c1-18(2,3)28-16(26)20-13(15(24)25)7-8-14(23)21-9-11-22(12-10-21)17(27)29-19(4,5)6/h13H,7-12H2,1-6H3,(H,20,26)(H,24,25)/t13-/m1/s1. The second-order valence-corrected chi connectivity index (χ2v) is 8.92. The van der Waals surface area contributed by atoms with Gasteiger partial charge in [-0.2, -0.15) is 0 Å². The Balaban J connectivity index is 2.48. The zero-order chi connectivity index (χ0) is 22.4. The summed E-state index contributed by atoms with van der Waals surface area (Å²) >= 11 is 0. The number of hydrogen-bond donors (Lipinski definition) is 2. The van der Waals surface area contributed by atoms with Gasteiger partial charge >= 0.3 is 18.2 Å². The van der Waals surface area contributed by atoms with Gasteiger partial charge in [-0.05, 0) is 48.0 Å². The van der Waals surface area contributed by atoms with Gasteiger partial charge in [-0.25, -0.2) is 14.4 Å². The minimum Gasteiger partial charge on any atom is -0.480 e. The number of alkyl carbamates (subject to hydrolysis) is 1. The van der Waals surface area contributed by atoms with Crippen LogP contribution in [0.3, 0.4) is 0 Å². The van der Waals surface area contributed by atoms with Crippen LogP contribution in [0.25, 0.3) is 0 Å². The van der Waals surface area contributed by atoms with E-state index in [2.05, 4.69) is 5.32 Å². The van der Waals surface area contributed by atoms with Gasteiger partial charge in [-0.3, -0.25) is 4.79 Å². The lowest BCUT2D eigenvalue weighted by Gasteiger charge is -2.35. The molecule has 0 aromatic rings. The zero-order valence-electron chi connectivity index (χ0n) is 18.1. The molecule has 10 nitrogen and oxygen atoms in total. The van der Waals surface area contributed by atoms with E-state index in [-0.39, 0.29) is 18.7 Å². The van der Waals surface area contributed by atoms with Crippen LogP contribution in [0.15, 0.2) is 0 Å². The maximum absolute atomic E-state index is 12.4. The average molecular weight is 415 g/mol. The highest BCUT2D eigenvalue weighted by atomic mass is 16.6. The molecule has 0 radical (unpaired) electrons. The molecule has 1 aliphatic rings. The van der Waals surface area contributed by atoms with Gasteiger partial charge in [0.05, 0.1) is 0 Å². The van der Waals surface area contributed by atoms with Crippen molar-refractivity contribution in [1.82, 2.24) is 15.1 Å². The number of aliphatic carboxylic acids is 1. The molecule has 166 valence electrons. The Morgan fingerprint density at radius 2 is 1.38 bits per heavy atom. The fourth-order valence-corrected chi connectivity index (χ4v) is 2.60. The van der Waals surface area contributed by atoms with E-state index >= 15 is 0 Å². The van der Waals surface area contributed by atoms with Crippen LogP contribution < -0.4 is 5.32 Å². The molecule has 10 heteroatoms. The van der Waals surface area contributed by atoms with Crippen LogP contribution in [0, 0.1) is 0 Å². The highest BCUT2D eigenvalue weighted by molar-refractivity contribution is 5.82. The van der Waals surface area contributed by atoms with Crippen LogP contribution in [0.5, 0.6) is 0 Å². The largest absolute Gasteiger partial charge is 0.480 e. The number of ether oxygens (including phenoxy) is 2. The van der Waals surface area contributed by atoms with E-state index in [0.29, 0.717) is 26.2 Å². The van der Waals surface area contributed by atoms with Gasteiger partial charge in [0.1, 0.15) is 17.2 Å². The molecule has 0 saturated carbocycles. The summed E-state index contributed by atoms with van der Waals surface area (Å²) in [5.74, 6) is -1.47. The first-order chi connectivity index (χ1) is 13.2. The van der Waals surface area contributed by atoms with E-state index in [0.717, 1.165) is 0 Å². The molecule has 1 aliphatic heterocycles. The molecule has 0 aromatic carbocycles. The molecular formula is C19H33N3O7. The molecule has 1 fully saturated rings. The van der Waals surface area contributed by atoms with Gasteiger partial charge in [0, 0.05) is 32.6 Å². The average Bonchev–Trinajstić information content (AvgIpc) is 2.55. The third kappa shape index (κ3) is 9.49. The quantitative estimate of drug-likeness (QED) is 0.701. The van der Waals surface area contributed by atoms with E-state index in [9.17, 15) is 24.3 Å². The van der Waals surface area contributed by atoms with Crippen LogP contribution in [-0.2, 0) is 19.1 Å². The van der Waals surface area contributed by atoms with Crippen molar-refractivity contribution in [3.63, 3.8) is 0 Å². The summed E-state index contributed by atoms with van der Waals surface area (Å²) in [4.78, 5) is 50.7. The van der Waals surface area contributed by atoms with Gasteiger partial charge in [0.2, 0.25) is 5.91 Å². The first kappa shape index (κ1) is 24.5. The Hall–Kier alpha value is -2.52. The summed E-state index contributed by atoms with van der Waals surface area (Å²) in [6.07, 6.45) is -1.36. The monoisotopic (exact) mass is 415 g/mol. The molecule has 1 saturated heterocycles. The van der Waals surface area contributed by atoms with Crippen molar-refractivity contribution >= 4 is 24.1 Å². The number of amides is 3. The topological polar surface area (TPSA) is 125 Å². The highest BCUT2D eigenvalue weighted by Crippen LogP contribution is 2.13. The van der Waals surface area contributed by atoms with E-state index in [1.54, 1.807) is 51.3 Å². The first-order valence-corrected chi connectivity index (χ1v) is 9.66. The Morgan fingerprint density at radius 3 is 1.83 bits per heavy atom. The van der Waals surface area contributed by atoms with E-state index in [1.807, 2.05) is 0 Å². The van der Waals surface area contributed by atoms with Crippen molar-refractivity contribution in [1.29, 1.82) is 0 Å². The summed E-state index contributed by atoms with van der Waals surface area (Å²) in [6.45, 7) is 11.7. The molecule has 1 atom stereocenters. The van der Waals surface area contributed by atoms with Crippen LogP contribution in [0.4, 0.5) is 9.59 Å². The third-order valence-electron chi connectivity index (χ3n) is 3.92.